The molecule has 1 aliphatic rings. The first-order valence-electron chi connectivity index (χ1n) is 7.29. The molecule has 21 heavy (non-hydrogen) atoms. The maximum atomic E-state index is 6.39. The predicted molar refractivity (Wildman–Crippen MR) is 87.1 cm³/mol. The Balaban J connectivity index is 2.06. The van der Waals surface area contributed by atoms with Crippen LogP contribution in [0.2, 0.25) is 5.02 Å². The molecule has 3 nitrogen and oxygen atoms in total. The Kier molecular flexibility index (Phi) is 2.89. The van der Waals surface area contributed by atoms with Crippen LogP contribution >= 0.6 is 11.6 Å². The first-order chi connectivity index (χ1) is 10.3. The number of para-hydroxylation sites is 1. The highest BCUT2D eigenvalue weighted by molar-refractivity contribution is 6.35. The van der Waals surface area contributed by atoms with Crippen molar-refractivity contribution in [2.24, 2.45) is 0 Å². The maximum absolute atomic E-state index is 6.39. The van der Waals surface area contributed by atoms with Crippen LogP contribution < -0.4 is 5.73 Å². The van der Waals surface area contributed by atoms with Gasteiger partial charge < -0.3 is 5.73 Å². The van der Waals surface area contributed by atoms with Crippen molar-refractivity contribution in [2.75, 3.05) is 5.73 Å². The van der Waals surface area contributed by atoms with Gasteiger partial charge in [0.25, 0.3) is 0 Å². The number of aromatic nitrogens is 2. The van der Waals surface area contributed by atoms with Gasteiger partial charge in [0.2, 0.25) is 5.95 Å². The Morgan fingerprint density at radius 3 is 2.76 bits per heavy atom. The average molecular weight is 298 g/mol. The number of benzene rings is 2. The van der Waals surface area contributed by atoms with Gasteiger partial charge in [0.1, 0.15) is 0 Å². The van der Waals surface area contributed by atoms with Crippen LogP contribution in [0, 0.1) is 0 Å². The lowest BCUT2D eigenvalue weighted by Crippen LogP contribution is -2.10. The minimum absolute atomic E-state index is 0.497. The van der Waals surface area contributed by atoms with E-state index >= 15 is 0 Å². The molecule has 1 heterocycles. The molecule has 3 aromatic rings. The summed E-state index contributed by atoms with van der Waals surface area (Å²) in [5.74, 6) is 0.497. The first kappa shape index (κ1) is 12.7. The number of hydrogen-bond donors (Lipinski definition) is 1. The van der Waals surface area contributed by atoms with Gasteiger partial charge in [-0.15, -0.1) is 0 Å². The summed E-state index contributed by atoms with van der Waals surface area (Å²) in [5, 5.41) is 0.685. The number of halogens is 1. The van der Waals surface area contributed by atoms with Crippen molar-refractivity contribution in [3.8, 4) is 5.69 Å². The molecule has 0 fully saturated rings. The van der Waals surface area contributed by atoms with E-state index in [4.69, 9.17) is 17.3 Å². The number of nitrogens with zero attached hydrogens (tertiary/aromatic N) is 2. The van der Waals surface area contributed by atoms with Crippen molar-refractivity contribution >= 4 is 28.6 Å². The summed E-state index contributed by atoms with van der Waals surface area (Å²) in [6.07, 6.45) is 4.72. The van der Waals surface area contributed by atoms with Gasteiger partial charge in [-0.1, -0.05) is 29.8 Å². The van der Waals surface area contributed by atoms with Gasteiger partial charge in [-0.2, -0.15) is 0 Å². The van der Waals surface area contributed by atoms with Gasteiger partial charge in [0.15, 0.2) is 0 Å². The molecular weight excluding hydrogens is 282 g/mol. The van der Waals surface area contributed by atoms with E-state index in [0.717, 1.165) is 29.6 Å². The van der Waals surface area contributed by atoms with Crippen molar-refractivity contribution in [2.45, 2.75) is 25.7 Å². The second kappa shape index (κ2) is 4.78. The fraction of sp³-hybridized carbons (Fsp3) is 0.235. The topological polar surface area (TPSA) is 43.8 Å². The Bertz CT molecular complexity index is 835. The first-order valence-corrected chi connectivity index (χ1v) is 7.67. The van der Waals surface area contributed by atoms with Gasteiger partial charge in [-0.3, -0.25) is 4.57 Å². The highest BCUT2D eigenvalue weighted by Crippen LogP contribution is 2.33. The van der Waals surface area contributed by atoms with E-state index in [9.17, 15) is 0 Å². The van der Waals surface area contributed by atoms with E-state index < -0.39 is 0 Å². The van der Waals surface area contributed by atoms with Gasteiger partial charge >= 0.3 is 0 Å². The normalized spacial score (nSPS) is 14.3. The molecule has 0 atom stereocenters. The van der Waals surface area contributed by atoms with Crippen LogP contribution in [0.15, 0.2) is 36.4 Å². The smallest absolute Gasteiger partial charge is 0.205 e. The van der Waals surface area contributed by atoms with E-state index in [1.807, 2.05) is 22.8 Å². The van der Waals surface area contributed by atoms with Crippen LogP contribution in [0.1, 0.15) is 24.0 Å². The summed E-state index contributed by atoms with van der Waals surface area (Å²) >= 11 is 6.39. The summed E-state index contributed by atoms with van der Waals surface area (Å²) in [6, 6.07) is 12.2. The Hall–Kier alpha value is -2.00. The molecule has 4 rings (SSSR count). The predicted octanol–water partition coefficient (Wildman–Crippen LogP) is 4.14. The quantitative estimate of drug-likeness (QED) is 0.733. The number of nitrogens with two attached hydrogens (primary N) is 1. The Morgan fingerprint density at radius 2 is 1.86 bits per heavy atom. The van der Waals surface area contributed by atoms with Crippen LogP contribution in [0.3, 0.4) is 0 Å². The summed E-state index contributed by atoms with van der Waals surface area (Å²) in [6.45, 7) is 0. The summed E-state index contributed by atoms with van der Waals surface area (Å²) < 4.78 is 2.00. The van der Waals surface area contributed by atoms with Crippen LogP contribution in [-0.4, -0.2) is 9.55 Å². The molecule has 1 aliphatic carbocycles. The lowest BCUT2D eigenvalue weighted by molar-refractivity contribution is 0.682. The van der Waals surface area contributed by atoms with Gasteiger partial charge in [0, 0.05) is 0 Å². The molecular formula is C17H16ClN3. The molecule has 106 valence electrons. The molecule has 0 saturated heterocycles. The van der Waals surface area contributed by atoms with Crippen molar-refractivity contribution in [3.63, 3.8) is 0 Å². The van der Waals surface area contributed by atoms with Crippen LogP contribution in [0.5, 0.6) is 0 Å². The lowest BCUT2D eigenvalue weighted by Gasteiger charge is -2.20. The minimum atomic E-state index is 0.497. The van der Waals surface area contributed by atoms with Crippen molar-refractivity contribution < 1.29 is 0 Å². The summed E-state index contributed by atoms with van der Waals surface area (Å²) in [4.78, 5) is 4.46. The number of nitrogen functional groups attached to an aromatic ring is 1. The highest BCUT2D eigenvalue weighted by atomic mass is 35.5. The Labute approximate surface area is 128 Å². The third-order valence-corrected chi connectivity index (χ3v) is 4.57. The van der Waals surface area contributed by atoms with Crippen molar-refractivity contribution in [1.29, 1.82) is 0 Å². The van der Waals surface area contributed by atoms with E-state index in [2.05, 4.69) is 23.2 Å². The molecule has 0 bridgehead atoms. The number of anilines is 1. The van der Waals surface area contributed by atoms with E-state index in [1.165, 1.54) is 24.0 Å². The minimum Gasteiger partial charge on any atom is -0.369 e. The van der Waals surface area contributed by atoms with Crippen LogP contribution in [0.25, 0.3) is 16.7 Å². The number of aryl methyl sites for hydroxylation is 1. The molecule has 0 spiro atoms. The maximum Gasteiger partial charge on any atom is 0.205 e. The molecule has 0 aliphatic heterocycles. The zero-order valence-electron chi connectivity index (χ0n) is 11.6. The zero-order chi connectivity index (χ0) is 14.4. The highest BCUT2D eigenvalue weighted by Gasteiger charge is 2.18. The fourth-order valence-corrected chi connectivity index (χ4v) is 3.57. The van der Waals surface area contributed by atoms with Crippen molar-refractivity contribution in [1.82, 2.24) is 9.55 Å². The average Bonchev–Trinajstić information content (AvgIpc) is 2.84. The number of hydrogen-bond acceptors (Lipinski definition) is 2. The third-order valence-electron chi connectivity index (χ3n) is 4.27. The summed E-state index contributed by atoms with van der Waals surface area (Å²) in [5.41, 5.74) is 11.9. The number of fused-ring (bicyclic) bond motifs is 2. The molecule has 1 aromatic heterocycles. The molecule has 4 heteroatoms. The van der Waals surface area contributed by atoms with Gasteiger partial charge in [0.05, 0.1) is 21.7 Å². The molecule has 0 amide bonds. The molecule has 2 aromatic carbocycles. The largest absolute Gasteiger partial charge is 0.369 e. The van der Waals surface area contributed by atoms with E-state index in [0.29, 0.717) is 11.0 Å². The molecule has 0 unspecified atom stereocenters. The SMILES string of the molecule is Nc1nc2cccc(Cl)c2n1-c1cccc2c1CCCC2. The van der Waals surface area contributed by atoms with E-state index in [-0.39, 0.29) is 0 Å². The third kappa shape index (κ3) is 1.92. The van der Waals surface area contributed by atoms with Gasteiger partial charge in [-0.25, -0.2) is 4.98 Å². The standard InChI is InChI=1S/C17H16ClN3/c18-13-8-4-9-14-16(13)21(17(19)20-14)15-10-3-6-11-5-1-2-7-12(11)15/h3-4,6,8-10H,1-2,5,7H2,(H2,19,20). The molecule has 0 saturated carbocycles. The zero-order valence-corrected chi connectivity index (χ0v) is 12.4. The second-order valence-corrected chi connectivity index (χ2v) is 5.94. The van der Waals surface area contributed by atoms with Crippen LogP contribution in [-0.2, 0) is 12.8 Å². The van der Waals surface area contributed by atoms with Crippen molar-refractivity contribution in [3.05, 3.63) is 52.5 Å². The van der Waals surface area contributed by atoms with Crippen LogP contribution in [0.4, 0.5) is 5.95 Å². The van der Waals surface area contributed by atoms with E-state index in [1.54, 1.807) is 0 Å². The number of rotatable bonds is 1. The molecule has 2 N–H and O–H groups in total. The Morgan fingerprint density at radius 1 is 1.05 bits per heavy atom. The summed E-state index contributed by atoms with van der Waals surface area (Å²) in [7, 11) is 0. The monoisotopic (exact) mass is 297 g/mol. The number of imidazole rings is 1. The lowest BCUT2D eigenvalue weighted by atomic mass is 9.90. The molecule has 0 radical (unpaired) electrons. The second-order valence-electron chi connectivity index (χ2n) is 5.53. The van der Waals surface area contributed by atoms with Gasteiger partial charge in [-0.05, 0) is 55.0 Å². The fourth-order valence-electron chi connectivity index (χ4n) is 3.32.